The molecule has 0 heterocycles. The lowest BCUT2D eigenvalue weighted by molar-refractivity contribution is -0.136. The number of benzene rings is 1. The van der Waals surface area contributed by atoms with Crippen LogP contribution in [0.3, 0.4) is 0 Å². The van der Waals surface area contributed by atoms with E-state index in [-0.39, 0.29) is 18.4 Å². The van der Waals surface area contributed by atoms with Crippen LogP contribution in [0.4, 0.5) is 8.78 Å². The Kier molecular flexibility index (Phi) is 4.20. The Hall–Kier alpha value is -0.970. The standard InChI is InChI=1S/C10H9BrF2O2/c11-7-3-1-2-6(4-5-8(14)15)9(7)10(12)13/h1-3,10H,4-5H2,(H,14,15). The van der Waals surface area contributed by atoms with Crippen LogP contribution in [0, 0.1) is 0 Å². The molecule has 0 fully saturated rings. The minimum atomic E-state index is -2.59. The first-order chi connectivity index (χ1) is 7.02. The Labute approximate surface area is 94.0 Å². The number of carboxylic acids is 1. The largest absolute Gasteiger partial charge is 0.481 e. The first-order valence-corrected chi connectivity index (χ1v) is 5.09. The van der Waals surface area contributed by atoms with Gasteiger partial charge in [-0.2, -0.15) is 0 Å². The average molecular weight is 279 g/mol. The molecule has 0 bridgehead atoms. The Morgan fingerprint density at radius 2 is 2.13 bits per heavy atom. The molecule has 0 aromatic heterocycles. The predicted octanol–water partition coefficient (Wildman–Crippen LogP) is 3.40. The molecule has 15 heavy (non-hydrogen) atoms. The van der Waals surface area contributed by atoms with Gasteiger partial charge in [0.25, 0.3) is 6.43 Å². The van der Waals surface area contributed by atoms with Crippen LogP contribution in [-0.2, 0) is 11.2 Å². The molecule has 82 valence electrons. The van der Waals surface area contributed by atoms with E-state index in [4.69, 9.17) is 5.11 Å². The number of hydrogen-bond donors (Lipinski definition) is 1. The van der Waals surface area contributed by atoms with Crippen LogP contribution >= 0.6 is 15.9 Å². The minimum absolute atomic E-state index is 0.112. The summed E-state index contributed by atoms with van der Waals surface area (Å²) in [6.07, 6.45) is -2.62. The van der Waals surface area contributed by atoms with Crippen molar-refractivity contribution in [3.05, 3.63) is 33.8 Å². The highest BCUT2D eigenvalue weighted by molar-refractivity contribution is 9.10. The monoisotopic (exact) mass is 278 g/mol. The molecule has 0 aliphatic carbocycles. The molecule has 1 rings (SSSR count). The molecular formula is C10H9BrF2O2. The zero-order chi connectivity index (χ0) is 11.4. The van der Waals surface area contributed by atoms with Gasteiger partial charge in [-0.25, -0.2) is 8.78 Å². The molecule has 0 unspecified atom stereocenters. The zero-order valence-corrected chi connectivity index (χ0v) is 9.30. The van der Waals surface area contributed by atoms with Crippen molar-refractivity contribution in [3.8, 4) is 0 Å². The van der Waals surface area contributed by atoms with E-state index >= 15 is 0 Å². The molecule has 2 nitrogen and oxygen atoms in total. The molecule has 1 N–H and O–H groups in total. The van der Waals surface area contributed by atoms with Crippen LogP contribution in [0.5, 0.6) is 0 Å². The van der Waals surface area contributed by atoms with Gasteiger partial charge in [-0.05, 0) is 18.1 Å². The normalized spacial score (nSPS) is 10.7. The van der Waals surface area contributed by atoms with Crippen LogP contribution < -0.4 is 0 Å². The van der Waals surface area contributed by atoms with E-state index in [1.54, 1.807) is 6.07 Å². The van der Waals surface area contributed by atoms with Gasteiger partial charge in [-0.1, -0.05) is 28.1 Å². The first-order valence-electron chi connectivity index (χ1n) is 4.29. The van der Waals surface area contributed by atoms with E-state index < -0.39 is 12.4 Å². The van der Waals surface area contributed by atoms with Gasteiger partial charge in [0.2, 0.25) is 0 Å². The maximum atomic E-state index is 12.6. The third kappa shape index (κ3) is 3.27. The second-order valence-electron chi connectivity index (χ2n) is 3.01. The summed E-state index contributed by atoms with van der Waals surface area (Å²) in [4.78, 5) is 10.3. The third-order valence-electron chi connectivity index (χ3n) is 1.97. The van der Waals surface area contributed by atoms with Crippen molar-refractivity contribution in [2.75, 3.05) is 0 Å². The lowest BCUT2D eigenvalue weighted by Crippen LogP contribution is -2.01. The van der Waals surface area contributed by atoms with Gasteiger partial charge in [0.1, 0.15) is 0 Å². The van der Waals surface area contributed by atoms with Crippen LogP contribution in [-0.4, -0.2) is 11.1 Å². The van der Waals surface area contributed by atoms with Gasteiger partial charge in [-0.3, -0.25) is 4.79 Å². The number of halogens is 3. The predicted molar refractivity (Wildman–Crippen MR) is 55.1 cm³/mol. The van der Waals surface area contributed by atoms with Crippen LogP contribution in [0.25, 0.3) is 0 Å². The summed E-state index contributed by atoms with van der Waals surface area (Å²) < 4.78 is 25.6. The van der Waals surface area contributed by atoms with Crippen molar-refractivity contribution in [1.82, 2.24) is 0 Å². The van der Waals surface area contributed by atoms with Crippen molar-refractivity contribution in [2.45, 2.75) is 19.3 Å². The average Bonchev–Trinajstić information content (AvgIpc) is 2.13. The fourth-order valence-electron chi connectivity index (χ4n) is 1.29. The molecule has 1 aromatic carbocycles. The van der Waals surface area contributed by atoms with Crippen molar-refractivity contribution in [2.24, 2.45) is 0 Å². The molecule has 1 aromatic rings. The van der Waals surface area contributed by atoms with Gasteiger partial charge in [0.15, 0.2) is 0 Å². The Morgan fingerprint density at radius 3 is 2.67 bits per heavy atom. The number of carbonyl (C=O) groups is 1. The first kappa shape index (κ1) is 12.1. The summed E-state index contributed by atoms with van der Waals surface area (Å²) in [6.45, 7) is 0. The minimum Gasteiger partial charge on any atom is -0.481 e. The second-order valence-corrected chi connectivity index (χ2v) is 3.86. The fraction of sp³-hybridized carbons (Fsp3) is 0.300. The summed E-state index contributed by atoms with van der Waals surface area (Å²) in [6, 6.07) is 4.66. The summed E-state index contributed by atoms with van der Waals surface area (Å²) in [5.41, 5.74) is 0.264. The summed E-state index contributed by atoms with van der Waals surface area (Å²) in [5, 5.41) is 8.47. The van der Waals surface area contributed by atoms with E-state index in [9.17, 15) is 13.6 Å². The smallest absolute Gasteiger partial charge is 0.303 e. The summed E-state index contributed by atoms with van der Waals surface area (Å²) in [7, 11) is 0. The zero-order valence-electron chi connectivity index (χ0n) is 7.71. The number of alkyl halides is 2. The number of aryl methyl sites for hydroxylation is 1. The topological polar surface area (TPSA) is 37.3 Å². The highest BCUT2D eigenvalue weighted by Gasteiger charge is 2.16. The van der Waals surface area contributed by atoms with Gasteiger partial charge in [0.05, 0.1) is 0 Å². The molecule has 0 saturated heterocycles. The molecule has 0 aliphatic rings. The van der Waals surface area contributed by atoms with Gasteiger partial charge in [-0.15, -0.1) is 0 Å². The quantitative estimate of drug-likeness (QED) is 0.917. The maximum Gasteiger partial charge on any atom is 0.303 e. The lowest BCUT2D eigenvalue weighted by atomic mass is 10.0. The van der Waals surface area contributed by atoms with E-state index in [2.05, 4.69) is 15.9 Å². The number of hydrogen-bond acceptors (Lipinski definition) is 1. The van der Waals surface area contributed by atoms with E-state index in [0.29, 0.717) is 10.0 Å². The fourth-order valence-corrected chi connectivity index (χ4v) is 1.87. The highest BCUT2D eigenvalue weighted by atomic mass is 79.9. The Morgan fingerprint density at radius 1 is 1.47 bits per heavy atom. The van der Waals surface area contributed by atoms with Crippen LogP contribution in [0.2, 0.25) is 0 Å². The van der Waals surface area contributed by atoms with Crippen LogP contribution in [0.15, 0.2) is 22.7 Å². The maximum absolute atomic E-state index is 12.6. The molecule has 0 radical (unpaired) electrons. The molecule has 0 saturated carbocycles. The second kappa shape index (κ2) is 5.21. The van der Waals surface area contributed by atoms with E-state index in [1.807, 2.05) is 0 Å². The SMILES string of the molecule is O=C(O)CCc1cccc(Br)c1C(F)F. The van der Waals surface area contributed by atoms with E-state index in [1.165, 1.54) is 12.1 Å². The molecule has 0 aliphatic heterocycles. The summed E-state index contributed by atoms with van der Waals surface area (Å²) >= 11 is 3.03. The Bertz CT molecular complexity index is 366. The van der Waals surface area contributed by atoms with E-state index in [0.717, 1.165) is 0 Å². The van der Waals surface area contributed by atoms with Crippen molar-refractivity contribution in [1.29, 1.82) is 0 Å². The van der Waals surface area contributed by atoms with Gasteiger partial charge < -0.3 is 5.11 Å². The number of aliphatic carboxylic acids is 1. The van der Waals surface area contributed by atoms with Gasteiger partial charge >= 0.3 is 5.97 Å². The molecule has 0 spiro atoms. The van der Waals surface area contributed by atoms with Crippen molar-refractivity contribution < 1.29 is 18.7 Å². The lowest BCUT2D eigenvalue weighted by Gasteiger charge is -2.09. The summed E-state index contributed by atoms with van der Waals surface area (Å²) in [5.74, 6) is -0.991. The Balaban J connectivity index is 2.95. The van der Waals surface area contributed by atoms with Crippen molar-refractivity contribution in [3.63, 3.8) is 0 Å². The highest BCUT2D eigenvalue weighted by Crippen LogP contribution is 2.31. The van der Waals surface area contributed by atoms with Gasteiger partial charge in [0, 0.05) is 16.5 Å². The molecule has 0 amide bonds. The number of carboxylic acid groups (broad SMARTS) is 1. The third-order valence-corrected chi connectivity index (χ3v) is 2.66. The molecule has 5 heteroatoms. The van der Waals surface area contributed by atoms with Crippen LogP contribution in [0.1, 0.15) is 24.0 Å². The molecule has 0 atom stereocenters. The number of rotatable bonds is 4. The molecular weight excluding hydrogens is 270 g/mol. The van der Waals surface area contributed by atoms with Crippen molar-refractivity contribution >= 4 is 21.9 Å².